The van der Waals surface area contributed by atoms with E-state index in [4.69, 9.17) is 9.47 Å². The van der Waals surface area contributed by atoms with Crippen LogP contribution in [0.15, 0.2) is 18.2 Å². The lowest BCUT2D eigenvalue weighted by molar-refractivity contribution is 0.0767. The lowest BCUT2D eigenvalue weighted by atomic mass is 10.1. The first-order valence-electron chi connectivity index (χ1n) is 4.96. The standard InChI is InChI=1S/C11H14FNO2/c1-14-11-3-2-8(6-9(11)12)10-7-15-5-4-13-10/h2-3,6,10,13H,4-5,7H2,1H3/t10-/m0/s1. The van der Waals surface area contributed by atoms with E-state index in [0.29, 0.717) is 6.61 Å². The van der Waals surface area contributed by atoms with Crippen molar-refractivity contribution in [1.82, 2.24) is 5.32 Å². The third kappa shape index (κ3) is 2.27. The van der Waals surface area contributed by atoms with Crippen molar-refractivity contribution in [3.63, 3.8) is 0 Å². The SMILES string of the molecule is COc1ccc([C@@H]2COCCN2)cc1F. The topological polar surface area (TPSA) is 30.5 Å². The Labute approximate surface area is 88.2 Å². The molecule has 0 aliphatic carbocycles. The minimum atomic E-state index is -0.331. The minimum absolute atomic E-state index is 0.0826. The highest BCUT2D eigenvalue weighted by Gasteiger charge is 2.16. The third-order valence-corrected chi connectivity index (χ3v) is 2.50. The van der Waals surface area contributed by atoms with Crippen LogP contribution in [0, 0.1) is 5.82 Å². The first kappa shape index (κ1) is 10.4. The van der Waals surface area contributed by atoms with Crippen LogP contribution in [-0.4, -0.2) is 26.9 Å². The summed E-state index contributed by atoms with van der Waals surface area (Å²) >= 11 is 0. The Morgan fingerprint density at radius 1 is 1.53 bits per heavy atom. The molecule has 1 aliphatic heterocycles. The summed E-state index contributed by atoms with van der Waals surface area (Å²) in [5.41, 5.74) is 0.896. The summed E-state index contributed by atoms with van der Waals surface area (Å²) in [4.78, 5) is 0. The molecule has 0 aromatic heterocycles. The van der Waals surface area contributed by atoms with Crippen molar-refractivity contribution in [1.29, 1.82) is 0 Å². The molecule has 2 rings (SSSR count). The average molecular weight is 211 g/mol. The zero-order chi connectivity index (χ0) is 10.7. The molecule has 0 amide bonds. The zero-order valence-electron chi connectivity index (χ0n) is 8.63. The van der Waals surface area contributed by atoms with Crippen LogP contribution in [0.4, 0.5) is 4.39 Å². The quantitative estimate of drug-likeness (QED) is 0.804. The number of ether oxygens (including phenoxy) is 2. The van der Waals surface area contributed by atoms with Gasteiger partial charge in [-0.15, -0.1) is 0 Å². The van der Waals surface area contributed by atoms with Gasteiger partial charge < -0.3 is 14.8 Å². The second-order valence-corrected chi connectivity index (χ2v) is 3.48. The van der Waals surface area contributed by atoms with Crippen LogP contribution in [0.1, 0.15) is 11.6 Å². The number of halogens is 1. The Bertz CT molecular complexity index is 337. The summed E-state index contributed by atoms with van der Waals surface area (Å²) in [6.07, 6.45) is 0. The Morgan fingerprint density at radius 3 is 3.00 bits per heavy atom. The molecular weight excluding hydrogens is 197 g/mol. The number of hydrogen-bond donors (Lipinski definition) is 1. The predicted molar refractivity (Wildman–Crippen MR) is 54.5 cm³/mol. The van der Waals surface area contributed by atoms with Crippen molar-refractivity contribution >= 4 is 0 Å². The molecule has 15 heavy (non-hydrogen) atoms. The van der Waals surface area contributed by atoms with Crippen molar-refractivity contribution in [2.45, 2.75) is 6.04 Å². The Morgan fingerprint density at radius 2 is 2.40 bits per heavy atom. The molecule has 1 N–H and O–H groups in total. The molecular formula is C11H14FNO2. The summed E-state index contributed by atoms with van der Waals surface area (Å²) in [7, 11) is 1.46. The van der Waals surface area contributed by atoms with Gasteiger partial charge in [-0.3, -0.25) is 0 Å². The van der Waals surface area contributed by atoms with Crippen LogP contribution in [-0.2, 0) is 4.74 Å². The molecule has 0 saturated carbocycles. The molecule has 82 valence electrons. The van der Waals surface area contributed by atoms with Crippen molar-refractivity contribution in [2.24, 2.45) is 0 Å². The fourth-order valence-electron chi connectivity index (χ4n) is 1.68. The molecule has 1 fully saturated rings. The number of rotatable bonds is 2. The van der Waals surface area contributed by atoms with E-state index in [9.17, 15) is 4.39 Å². The third-order valence-electron chi connectivity index (χ3n) is 2.50. The monoisotopic (exact) mass is 211 g/mol. The molecule has 1 atom stereocenters. The summed E-state index contributed by atoms with van der Waals surface area (Å²) in [6, 6.07) is 5.07. The van der Waals surface area contributed by atoms with Gasteiger partial charge >= 0.3 is 0 Å². The number of hydrogen-bond acceptors (Lipinski definition) is 3. The highest BCUT2D eigenvalue weighted by Crippen LogP contribution is 2.22. The first-order valence-corrected chi connectivity index (χ1v) is 4.96. The van der Waals surface area contributed by atoms with E-state index in [0.717, 1.165) is 18.7 Å². The molecule has 0 spiro atoms. The van der Waals surface area contributed by atoms with Crippen LogP contribution >= 0.6 is 0 Å². The van der Waals surface area contributed by atoms with E-state index in [-0.39, 0.29) is 17.6 Å². The maximum absolute atomic E-state index is 13.4. The number of morpholine rings is 1. The first-order chi connectivity index (χ1) is 7.31. The summed E-state index contributed by atoms with van der Waals surface area (Å²) in [5, 5.41) is 3.27. The maximum atomic E-state index is 13.4. The number of benzene rings is 1. The van der Waals surface area contributed by atoms with Gasteiger partial charge in [0.05, 0.1) is 26.4 Å². The molecule has 1 heterocycles. The Hall–Kier alpha value is -1.13. The van der Waals surface area contributed by atoms with Gasteiger partial charge in [-0.2, -0.15) is 0 Å². The maximum Gasteiger partial charge on any atom is 0.165 e. The Balaban J connectivity index is 2.17. The minimum Gasteiger partial charge on any atom is -0.494 e. The van der Waals surface area contributed by atoms with Gasteiger partial charge in [0.2, 0.25) is 0 Å². The van der Waals surface area contributed by atoms with Crippen LogP contribution in [0.2, 0.25) is 0 Å². The Kier molecular flexibility index (Phi) is 3.18. The molecule has 1 aliphatic rings. The molecule has 1 aromatic carbocycles. The van der Waals surface area contributed by atoms with Gasteiger partial charge in [0.1, 0.15) is 0 Å². The molecule has 1 saturated heterocycles. The second-order valence-electron chi connectivity index (χ2n) is 3.48. The van der Waals surface area contributed by atoms with Crippen LogP contribution < -0.4 is 10.1 Å². The fraction of sp³-hybridized carbons (Fsp3) is 0.455. The van der Waals surface area contributed by atoms with E-state index in [1.807, 2.05) is 6.07 Å². The van der Waals surface area contributed by atoms with Gasteiger partial charge in [0.25, 0.3) is 0 Å². The molecule has 1 aromatic rings. The molecule has 0 radical (unpaired) electrons. The predicted octanol–water partition coefficient (Wildman–Crippen LogP) is 1.50. The molecule has 0 bridgehead atoms. The van der Waals surface area contributed by atoms with Gasteiger partial charge in [0, 0.05) is 6.54 Å². The lowest BCUT2D eigenvalue weighted by Gasteiger charge is -2.24. The van der Waals surface area contributed by atoms with Gasteiger partial charge in [-0.1, -0.05) is 6.07 Å². The van der Waals surface area contributed by atoms with E-state index in [1.165, 1.54) is 13.2 Å². The lowest BCUT2D eigenvalue weighted by Crippen LogP contribution is -2.34. The highest BCUT2D eigenvalue weighted by molar-refractivity contribution is 5.31. The average Bonchev–Trinajstić information content (AvgIpc) is 2.30. The molecule has 4 heteroatoms. The van der Waals surface area contributed by atoms with E-state index >= 15 is 0 Å². The molecule has 0 unspecified atom stereocenters. The summed E-state index contributed by atoms with van der Waals surface area (Å²) in [6.45, 7) is 2.11. The van der Waals surface area contributed by atoms with Gasteiger partial charge in [-0.25, -0.2) is 4.39 Å². The largest absolute Gasteiger partial charge is 0.494 e. The van der Waals surface area contributed by atoms with Crippen molar-refractivity contribution in [2.75, 3.05) is 26.9 Å². The highest BCUT2D eigenvalue weighted by atomic mass is 19.1. The van der Waals surface area contributed by atoms with Crippen LogP contribution in [0.25, 0.3) is 0 Å². The zero-order valence-corrected chi connectivity index (χ0v) is 8.63. The smallest absolute Gasteiger partial charge is 0.165 e. The van der Waals surface area contributed by atoms with Gasteiger partial charge in [0.15, 0.2) is 11.6 Å². The van der Waals surface area contributed by atoms with Crippen molar-refractivity contribution in [3.05, 3.63) is 29.6 Å². The van der Waals surface area contributed by atoms with Crippen molar-refractivity contribution < 1.29 is 13.9 Å². The summed E-state index contributed by atoms with van der Waals surface area (Å²) in [5.74, 6) is -0.0575. The number of methoxy groups -OCH3 is 1. The van der Waals surface area contributed by atoms with E-state index in [2.05, 4.69) is 5.32 Å². The molecule has 3 nitrogen and oxygen atoms in total. The van der Waals surface area contributed by atoms with Crippen molar-refractivity contribution in [3.8, 4) is 5.75 Å². The van der Waals surface area contributed by atoms with E-state index in [1.54, 1.807) is 6.07 Å². The summed E-state index contributed by atoms with van der Waals surface area (Å²) < 4.78 is 23.6. The fourth-order valence-corrected chi connectivity index (χ4v) is 1.68. The van der Waals surface area contributed by atoms with Crippen LogP contribution in [0.3, 0.4) is 0 Å². The van der Waals surface area contributed by atoms with Gasteiger partial charge in [-0.05, 0) is 17.7 Å². The normalized spacial score (nSPS) is 21.3. The second kappa shape index (κ2) is 4.59. The van der Waals surface area contributed by atoms with Crippen LogP contribution in [0.5, 0.6) is 5.75 Å². The van der Waals surface area contributed by atoms with E-state index < -0.39 is 0 Å². The number of nitrogens with one attached hydrogen (secondary N) is 1.